The second-order valence-corrected chi connectivity index (χ2v) is 7.84. The standard InChI is InChI=1S/C23H20Cl2N2O2/c24-20-7-2-1-4-16(20)10-11-26-23(28)19-13-22(25)27-14-21(19)29-18-6-3-5-17(12-18)15-8-9-15/h1-7,12-15H,8-11H2,(H,26,28). The number of hydrogen-bond acceptors (Lipinski definition) is 3. The van der Waals surface area contributed by atoms with Crippen LogP contribution in [-0.2, 0) is 6.42 Å². The van der Waals surface area contributed by atoms with Gasteiger partial charge in [0.15, 0.2) is 5.75 Å². The van der Waals surface area contributed by atoms with Crippen LogP contribution >= 0.6 is 23.2 Å². The summed E-state index contributed by atoms with van der Waals surface area (Å²) in [5.41, 5.74) is 2.59. The SMILES string of the molecule is O=C(NCCc1ccccc1Cl)c1cc(Cl)ncc1Oc1cccc(C2CC2)c1. The minimum atomic E-state index is -0.269. The van der Waals surface area contributed by atoms with Gasteiger partial charge in [-0.1, -0.05) is 53.5 Å². The fourth-order valence-corrected chi connectivity index (χ4v) is 3.55. The van der Waals surface area contributed by atoms with Crippen molar-refractivity contribution in [3.05, 3.63) is 87.7 Å². The maximum absolute atomic E-state index is 12.8. The summed E-state index contributed by atoms with van der Waals surface area (Å²) in [7, 11) is 0. The lowest BCUT2D eigenvalue weighted by Crippen LogP contribution is -2.26. The molecule has 3 aromatic rings. The number of amides is 1. The van der Waals surface area contributed by atoms with E-state index in [0.717, 1.165) is 5.56 Å². The van der Waals surface area contributed by atoms with Crippen molar-refractivity contribution in [2.45, 2.75) is 25.2 Å². The molecular weight excluding hydrogens is 407 g/mol. The van der Waals surface area contributed by atoms with E-state index in [1.54, 1.807) is 0 Å². The van der Waals surface area contributed by atoms with E-state index in [2.05, 4.69) is 16.4 Å². The van der Waals surface area contributed by atoms with Crippen molar-refractivity contribution in [2.24, 2.45) is 0 Å². The van der Waals surface area contributed by atoms with Crippen LogP contribution in [-0.4, -0.2) is 17.4 Å². The number of aromatic nitrogens is 1. The molecule has 0 saturated heterocycles. The Balaban J connectivity index is 1.46. The fourth-order valence-electron chi connectivity index (χ4n) is 3.16. The Morgan fingerprint density at radius 2 is 1.93 bits per heavy atom. The molecule has 0 atom stereocenters. The number of halogens is 2. The maximum Gasteiger partial charge on any atom is 0.255 e. The molecule has 1 aliphatic rings. The molecule has 4 rings (SSSR count). The molecule has 0 radical (unpaired) electrons. The summed E-state index contributed by atoms with van der Waals surface area (Å²) in [4.78, 5) is 16.8. The van der Waals surface area contributed by atoms with Crippen LogP contribution in [0.1, 0.15) is 40.2 Å². The number of rotatable bonds is 7. The summed E-state index contributed by atoms with van der Waals surface area (Å²) < 4.78 is 5.98. The minimum Gasteiger partial charge on any atom is -0.455 e. The molecule has 0 unspecified atom stereocenters. The Morgan fingerprint density at radius 3 is 2.72 bits per heavy atom. The molecule has 1 fully saturated rings. The van der Waals surface area contributed by atoms with Crippen LogP contribution in [0.25, 0.3) is 0 Å². The summed E-state index contributed by atoms with van der Waals surface area (Å²) >= 11 is 12.2. The molecule has 2 aromatic carbocycles. The average Bonchev–Trinajstić information content (AvgIpc) is 3.56. The Labute approximate surface area is 179 Å². The van der Waals surface area contributed by atoms with Gasteiger partial charge in [0, 0.05) is 11.6 Å². The Hall–Kier alpha value is -2.56. The van der Waals surface area contributed by atoms with Gasteiger partial charge in [-0.3, -0.25) is 4.79 Å². The second-order valence-electron chi connectivity index (χ2n) is 7.05. The predicted molar refractivity (Wildman–Crippen MR) is 115 cm³/mol. The summed E-state index contributed by atoms with van der Waals surface area (Å²) in [5, 5.41) is 3.83. The van der Waals surface area contributed by atoms with Gasteiger partial charge in [0.25, 0.3) is 5.91 Å². The molecule has 1 heterocycles. The highest BCUT2D eigenvalue weighted by molar-refractivity contribution is 6.31. The lowest BCUT2D eigenvalue weighted by atomic mass is 10.1. The Bertz CT molecular complexity index is 1030. The Morgan fingerprint density at radius 1 is 1.10 bits per heavy atom. The van der Waals surface area contributed by atoms with Gasteiger partial charge in [-0.25, -0.2) is 4.98 Å². The van der Waals surface area contributed by atoms with Crippen LogP contribution in [0.4, 0.5) is 0 Å². The first kappa shape index (κ1) is 19.7. The van der Waals surface area contributed by atoms with Crippen LogP contribution in [0.3, 0.4) is 0 Å². The molecule has 0 spiro atoms. The molecule has 0 bridgehead atoms. The monoisotopic (exact) mass is 426 g/mol. The molecule has 1 N–H and O–H groups in total. The van der Waals surface area contributed by atoms with Crippen LogP contribution in [0, 0.1) is 0 Å². The molecule has 6 heteroatoms. The second kappa shape index (κ2) is 8.85. The lowest BCUT2D eigenvalue weighted by molar-refractivity contribution is 0.0951. The third-order valence-corrected chi connectivity index (χ3v) is 5.43. The average molecular weight is 427 g/mol. The molecule has 0 aliphatic heterocycles. The van der Waals surface area contributed by atoms with Crippen molar-refractivity contribution in [2.75, 3.05) is 6.54 Å². The molecular formula is C23H20Cl2N2O2. The number of benzene rings is 2. The first-order valence-corrected chi connectivity index (χ1v) is 10.3. The molecule has 1 saturated carbocycles. The van der Waals surface area contributed by atoms with Crippen molar-refractivity contribution >= 4 is 29.1 Å². The van der Waals surface area contributed by atoms with Crippen molar-refractivity contribution in [3.63, 3.8) is 0 Å². The summed E-state index contributed by atoms with van der Waals surface area (Å²) in [6.07, 6.45) is 4.54. The van der Waals surface area contributed by atoms with Crippen molar-refractivity contribution in [1.82, 2.24) is 10.3 Å². The third-order valence-electron chi connectivity index (χ3n) is 4.85. The van der Waals surface area contributed by atoms with Gasteiger partial charge in [-0.05, 0) is 60.6 Å². The van der Waals surface area contributed by atoms with Gasteiger partial charge in [0.05, 0.1) is 11.8 Å². The van der Waals surface area contributed by atoms with Gasteiger partial charge in [-0.15, -0.1) is 0 Å². The van der Waals surface area contributed by atoms with E-state index in [0.29, 0.717) is 41.0 Å². The smallest absolute Gasteiger partial charge is 0.255 e. The van der Waals surface area contributed by atoms with Crippen LogP contribution < -0.4 is 10.1 Å². The van der Waals surface area contributed by atoms with Gasteiger partial charge in [0.2, 0.25) is 0 Å². The summed E-state index contributed by atoms with van der Waals surface area (Å²) in [6, 6.07) is 17.1. The normalized spacial score (nSPS) is 13.2. The number of nitrogens with zero attached hydrogens (tertiary/aromatic N) is 1. The Kier molecular flexibility index (Phi) is 6.02. The van der Waals surface area contributed by atoms with E-state index >= 15 is 0 Å². The molecule has 1 aliphatic carbocycles. The van der Waals surface area contributed by atoms with Crippen molar-refractivity contribution in [1.29, 1.82) is 0 Å². The van der Waals surface area contributed by atoms with Crippen molar-refractivity contribution < 1.29 is 9.53 Å². The number of pyridine rings is 1. The van der Waals surface area contributed by atoms with Gasteiger partial charge in [-0.2, -0.15) is 0 Å². The van der Waals surface area contributed by atoms with E-state index in [-0.39, 0.29) is 11.1 Å². The first-order valence-electron chi connectivity index (χ1n) is 9.55. The molecule has 1 amide bonds. The molecule has 4 nitrogen and oxygen atoms in total. The minimum absolute atomic E-state index is 0.236. The lowest BCUT2D eigenvalue weighted by Gasteiger charge is -2.12. The zero-order valence-electron chi connectivity index (χ0n) is 15.7. The van der Waals surface area contributed by atoms with Crippen LogP contribution in [0.2, 0.25) is 10.2 Å². The van der Waals surface area contributed by atoms with E-state index in [4.69, 9.17) is 27.9 Å². The third kappa shape index (κ3) is 5.08. The van der Waals surface area contributed by atoms with E-state index in [1.807, 2.05) is 42.5 Å². The van der Waals surface area contributed by atoms with Gasteiger partial charge >= 0.3 is 0 Å². The number of carbonyl (C=O) groups excluding carboxylic acids is 1. The topological polar surface area (TPSA) is 51.2 Å². The summed E-state index contributed by atoms with van der Waals surface area (Å²) in [6.45, 7) is 0.444. The van der Waals surface area contributed by atoms with E-state index in [9.17, 15) is 4.79 Å². The van der Waals surface area contributed by atoms with Gasteiger partial charge in [0.1, 0.15) is 10.9 Å². The molecule has 1 aromatic heterocycles. The zero-order valence-corrected chi connectivity index (χ0v) is 17.2. The maximum atomic E-state index is 12.8. The molecule has 29 heavy (non-hydrogen) atoms. The first-order chi connectivity index (χ1) is 14.1. The highest BCUT2D eigenvalue weighted by atomic mass is 35.5. The van der Waals surface area contributed by atoms with Crippen LogP contribution in [0.15, 0.2) is 60.8 Å². The van der Waals surface area contributed by atoms with E-state index < -0.39 is 0 Å². The largest absolute Gasteiger partial charge is 0.455 e. The van der Waals surface area contributed by atoms with Crippen molar-refractivity contribution in [3.8, 4) is 11.5 Å². The highest BCUT2D eigenvalue weighted by Gasteiger charge is 2.24. The fraction of sp³-hybridized carbons (Fsp3) is 0.217. The summed E-state index contributed by atoms with van der Waals surface area (Å²) in [5.74, 6) is 1.41. The number of carbonyl (C=O) groups is 1. The van der Waals surface area contributed by atoms with E-state index in [1.165, 1.54) is 30.7 Å². The van der Waals surface area contributed by atoms with Gasteiger partial charge < -0.3 is 10.1 Å². The predicted octanol–water partition coefficient (Wildman–Crippen LogP) is 6.03. The number of ether oxygens (including phenoxy) is 1. The zero-order chi connectivity index (χ0) is 20.2. The molecule has 148 valence electrons. The number of hydrogen-bond donors (Lipinski definition) is 1. The quantitative estimate of drug-likeness (QED) is 0.469. The highest BCUT2D eigenvalue weighted by Crippen LogP contribution is 2.41. The number of nitrogens with one attached hydrogen (secondary N) is 1. The van der Waals surface area contributed by atoms with Crippen LogP contribution in [0.5, 0.6) is 11.5 Å².